The molecular formula is C8H10ClNO4S. The van der Waals surface area contributed by atoms with E-state index >= 15 is 0 Å². The van der Waals surface area contributed by atoms with Gasteiger partial charge in [0.2, 0.25) is 9.05 Å². The first-order valence-electron chi connectivity index (χ1n) is 3.95. The van der Waals surface area contributed by atoms with Crippen LogP contribution in [0.4, 0.5) is 0 Å². The molecule has 1 rings (SSSR count). The normalized spacial score (nSPS) is 11.1. The summed E-state index contributed by atoms with van der Waals surface area (Å²) in [6, 6.07) is 0. The predicted octanol–water partition coefficient (Wildman–Crippen LogP) is 1.17. The van der Waals surface area contributed by atoms with Crippen LogP contribution >= 0.6 is 10.7 Å². The fraction of sp³-hybridized carbons (Fsp3) is 0.375. The van der Waals surface area contributed by atoms with E-state index < -0.39 is 9.05 Å². The summed E-state index contributed by atoms with van der Waals surface area (Å²) in [5, 5.41) is 0. The number of halogens is 1. The van der Waals surface area contributed by atoms with Crippen LogP contribution in [-0.2, 0) is 14.8 Å². The molecule has 1 heterocycles. The molecule has 0 N–H and O–H groups in total. The molecule has 0 aliphatic rings. The Bertz CT molecular complexity index is 424. The lowest BCUT2D eigenvalue weighted by Gasteiger charge is -2.10. The van der Waals surface area contributed by atoms with Gasteiger partial charge in [-0.05, 0) is 0 Å². The average Bonchev–Trinajstić information content (AvgIpc) is 2.16. The predicted molar refractivity (Wildman–Crippen MR) is 55.8 cm³/mol. The molecule has 0 spiro atoms. The van der Waals surface area contributed by atoms with Crippen LogP contribution in [0, 0.1) is 0 Å². The molecule has 0 saturated heterocycles. The topological polar surface area (TPSA) is 65.5 Å². The van der Waals surface area contributed by atoms with Crippen LogP contribution in [-0.4, -0.2) is 27.6 Å². The monoisotopic (exact) mass is 251 g/mol. The molecule has 0 unspecified atom stereocenters. The van der Waals surface area contributed by atoms with E-state index in [0.29, 0.717) is 17.1 Å². The quantitative estimate of drug-likeness (QED) is 0.752. The number of hydrogen-bond acceptors (Lipinski definition) is 5. The maximum Gasteiger partial charge on any atom is 0.237 e. The summed E-state index contributed by atoms with van der Waals surface area (Å²) in [6.45, 7) is 0. The van der Waals surface area contributed by atoms with Crippen molar-refractivity contribution in [2.45, 2.75) is 5.75 Å². The third-order valence-electron chi connectivity index (χ3n) is 1.74. The Hall–Kier alpha value is -1.01. The van der Waals surface area contributed by atoms with Gasteiger partial charge in [0.1, 0.15) is 11.5 Å². The fourth-order valence-corrected chi connectivity index (χ4v) is 2.07. The molecule has 0 atom stereocenters. The third-order valence-corrected chi connectivity index (χ3v) is 2.70. The van der Waals surface area contributed by atoms with Crippen LogP contribution in [0.2, 0.25) is 0 Å². The van der Waals surface area contributed by atoms with Crippen molar-refractivity contribution in [3.05, 3.63) is 18.0 Å². The van der Waals surface area contributed by atoms with Gasteiger partial charge >= 0.3 is 0 Å². The van der Waals surface area contributed by atoms with Crippen molar-refractivity contribution in [1.29, 1.82) is 0 Å². The Balaban J connectivity index is 3.22. The summed E-state index contributed by atoms with van der Waals surface area (Å²) in [4.78, 5) is 3.83. The minimum absolute atomic E-state index is 0.332. The molecule has 5 nitrogen and oxygen atoms in total. The van der Waals surface area contributed by atoms with E-state index in [1.807, 2.05) is 0 Å². The fourth-order valence-electron chi connectivity index (χ4n) is 1.12. The number of aromatic nitrogens is 1. The smallest absolute Gasteiger partial charge is 0.237 e. The minimum Gasteiger partial charge on any atom is -0.495 e. The van der Waals surface area contributed by atoms with Crippen LogP contribution in [0.5, 0.6) is 11.5 Å². The molecule has 0 bridgehead atoms. The van der Waals surface area contributed by atoms with E-state index in [1.54, 1.807) is 0 Å². The summed E-state index contributed by atoms with van der Waals surface area (Å²) < 4.78 is 31.9. The van der Waals surface area contributed by atoms with Gasteiger partial charge in [0.25, 0.3) is 0 Å². The summed E-state index contributed by atoms with van der Waals surface area (Å²) in [5.74, 6) is 0.306. The Kier molecular flexibility index (Phi) is 3.76. The van der Waals surface area contributed by atoms with Gasteiger partial charge in [-0.2, -0.15) is 0 Å². The summed E-state index contributed by atoms with van der Waals surface area (Å²) in [6.07, 6.45) is 2.81. The van der Waals surface area contributed by atoms with E-state index in [4.69, 9.17) is 20.2 Å². The molecular weight excluding hydrogens is 242 g/mol. The SMILES string of the molecule is COc1cncc(OC)c1CS(=O)(=O)Cl. The van der Waals surface area contributed by atoms with E-state index in [9.17, 15) is 8.42 Å². The van der Waals surface area contributed by atoms with Gasteiger partial charge in [-0.25, -0.2) is 8.42 Å². The summed E-state index contributed by atoms with van der Waals surface area (Å²) in [7, 11) is 4.34. The zero-order chi connectivity index (χ0) is 11.5. The molecule has 0 radical (unpaired) electrons. The maximum atomic E-state index is 11.0. The first kappa shape index (κ1) is 12.1. The molecule has 0 fully saturated rings. The maximum absolute atomic E-state index is 11.0. The second kappa shape index (κ2) is 4.67. The Labute approximate surface area is 92.4 Å². The number of hydrogen-bond donors (Lipinski definition) is 0. The van der Waals surface area contributed by atoms with Crippen molar-refractivity contribution in [2.75, 3.05) is 14.2 Å². The van der Waals surface area contributed by atoms with Crippen LogP contribution in [0.3, 0.4) is 0 Å². The standard InChI is InChI=1S/C8H10ClNO4S/c1-13-7-3-10-4-8(14-2)6(7)5-15(9,11)12/h3-4H,5H2,1-2H3. The van der Waals surface area contributed by atoms with Gasteiger partial charge in [-0.3, -0.25) is 4.98 Å². The molecule has 15 heavy (non-hydrogen) atoms. The Morgan fingerprint density at radius 1 is 1.27 bits per heavy atom. The van der Waals surface area contributed by atoms with E-state index in [-0.39, 0.29) is 5.75 Å². The van der Waals surface area contributed by atoms with E-state index in [2.05, 4.69) is 4.98 Å². The van der Waals surface area contributed by atoms with Gasteiger partial charge in [0.05, 0.1) is 37.9 Å². The highest BCUT2D eigenvalue weighted by Gasteiger charge is 2.17. The number of pyridine rings is 1. The Morgan fingerprint density at radius 3 is 2.07 bits per heavy atom. The van der Waals surface area contributed by atoms with Crippen molar-refractivity contribution < 1.29 is 17.9 Å². The summed E-state index contributed by atoms with van der Waals surface area (Å²) in [5.41, 5.74) is 0.366. The van der Waals surface area contributed by atoms with E-state index in [0.717, 1.165) is 0 Å². The molecule has 84 valence electrons. The van der Waals surface area contributed by atoms with Crippen molar-refractivity contribution in [2.24, 2.45) is 0 Å². The number of nitrogens with zero attached hydrogens (tertiary/aromatic N) is 1. The Morgan fingerprint density at radius 2 is 1.73 bits per heavy atom. The molecule has 0 aliphatic carbocycles. The lowest BCUT2D eigenvalue weighted by atomic mass is 10.2. The van der Waals surface area contributed by atoms with E-state index in [1.165, 1.54) is 26.6 Å². The molecule has 1 aromatic rings. The largest absolute Gasteiger partial charge is 0.495 e. The molecule has 0 aliphatic heterocycles. The molecule has 0 amide bonds. The van der Waals surface area contributed by atoms with Crippen LogP contribution in [0.25, 0.3) is 0 Å². The van der Waals surface area contributed by atoms with Gasteiger partial charge in [-0.1, -0.05) is 0 Å². The lowest BCUT2D eigenvalue weighted by Crippen LogP contribution is -2.02. The highest BCUT2D eigenvalue weighted by Crippen LogP contribution is 2.29. The zero-order valence-electron chi connectivity index (χ0n) is 8.23. The highest BCUT2D eigenvalue weighted by molar-refractivity contribution is 8.13. The van der Waals surface area contributed by atoms with Crippen molar-refractivity contribution >= 4 is 19.7 Å². The first-order chi connectivity index (χ1) is 6.98. The minimum atomic E-state index is -3.66. The molecule has 0 saturated carbocycles. The van der Waals surface area contributed by atoms with Gasteiger partial charge in [0.15, 0.2) is 0 Å². The lowest BCUT2D eigenvalue weighted by molar-refractivity contribution is 0.384. The molecule has 1 aromatic heterocycles. The second-order valence-corrected chi connectivity index (χ2v) is 5.48. The van der Waals surface area contributed by atoms with Crippen LogP contribution in [0.1, 0.15) is 5.56 Å². The van der Waals surface area contributed by atoms with Crippen molar-refractivity contribution in [3.63, 3.8) is 0 Å². The van der Waals surface area contributed by atoms with Crippen LogP contribution in [0.15, 0.2) is 12.4 Å². The molecule has 0 aromatic carbocycles. The number of rotatable bonds is 4. The highest BCUT2D eigenvalue weighted by atomic mass is 35.7. The zero-order valence-corrected chi connectivity index (χ0v) is 9.80. The van der Waals surface area contributed by atoms with Crippen LogP contribution < -0.4 is 9.47 Å². The van der Waals surface area contributed by atoms with Crippen molar-refractivity contribution in [3.8, 4) is 11.5 Å². The summed E-state index contributed by atoms with van der Waals surface area (Å²) >= 11 is 0. The van der Waals surface area contributed by atoms with Gasteiger partial charge < -0.3 is 9.47 Å². The number of ether oxygens (including phenoxy) is 2. The first-order valence-corrected chi connectivity index (χ1v) is 6.43. The second-order valence-electron chi connectivity index (χ2n) is 2.71. The van der Waals surface area contributed by atoms with Gasteiger partial charge in [0, 0.05) is 10.7 Å². The average molecular weight is 252 g/mol. The van der Waals surface area contributed by atoms with Gasteiger partial charge in [-0.15, -0.1) is 0 Å². The third kappa shape index (κ3) is 3.24. The number of methoxy groups -OCH3 is 2. The van der Waals surface area contributed by atoms with Crippen molar-refractivity contribution in [1.82, 2.24) is 4.98 Å². The molecule has 7 heteroatoms.